The maximum atomic E-state index is 13.5. The van der Waals surface area contributed by atoms with Gasteiger partial charge in [-0.1, -0.05) is 214 Å². The highest BCUT2D eigenvalue weighted by Crippen LogP contribution is 2.43. The van der Waals surface area contributed by atoms with E-state index >= 15 is 0 Å². The number of phosphoric ester groups is 1. The lowest BCUT2D eigenvalue weighted by Crippen LogP contribution is -2.47. The summed E-state index contributed by atoms with van der Waals surface area (Å²) in [6.07, 6.45) is 68.0. The van der Waals surface area contributed by atoms with Gasteiger partial charge in [0.25, 0.3) is 0 Å². The number of carbonyl (C=O) groups excluding carboxylic acids is 2. The first-order chi connectivity index (χ1) is 34.4. The Morgan fingerprint density at radius 2 is 0.972 bits per heavy atom. The second-order valence-electron chi connectivity index (χ2n) is 19.8. The molecule has 0 fully saturated rings. The van der Waals surface area contributed by atoms with Crippen molar-refractivity contribution in [1.29, 1.82) is 0 Å². The highest BCUT2D eigenvalue weighted by Gasteiger charge is 2.30. The molecular formula is C61H106N2O7P+. The number of allylic oxidation sites excluding steroid dienone is 17. The highest BCUT2D eigenvalue weighted by atomic mass is 31.2. The van der Waals surface area contributed by atoms with Gasteiger partial charge in [0.1, 0.15) is 19.3 Å². The average molecular weight is 1010 g/mol. The van der Waals surface area contributed by atoms with Crippen molar-refractivity contribution in [3.63, 3.8) is 0 Å². The quantitative estimate of drug-likeness (QED) is 0.0156. The van der Waals surface area contributed by atoms with E-state index in [0.29, 0.717) is 23.9 Å². The number of amides is 1. The molecule has 0 aromatic carbocycles. The van der Waals surface area contributed by atoms with Gasteiger partial charge in [0.2, 0.25) is 5.91 Å². The predicted molar refractivity (Wildman–Crippen MR) is 304 cm³/mol. The van der Waals surface area contributed by atoms with Crippen molar-refractivity contribution >= 4 is 19.7 Å². The van der Waals surface area contributed by atoms with E-state index in [-0.39, 0.29) is 37.9 Å². The normalized spacial score (nSPS) is 14.6. The predicted octanol–water partition coefficient (Wildman–Crippen LogP) is 17.0. The summed E-state index contributed by atoms with van der Waals surface area (Å²) < 4.78 is 30.5. The van der Waals surface area contributed by atoms with Crippen molar-refractivity contribution < 1.29 is 37.3 Å². The van der Waals surface area contributed by atoms with Crippen LogP contribution in [0.1, 0.15) is 213 Å². The standard InChI is InChI=1S/C61H105N2O7P/c1-7-10-13-16-19-22-25-27-29-30-31-32-34-35-38-41-44-47-50-53-60(64)62-58(57-69-71(66,67)68-56-55-63(4,5)6)59(52-49-46-43-40-37-24-21-18-15-12-9-3)70-61(65)54-51-48-45-42-39-36-33-28-26-23-20-17-14-11-8-2/h10-11,13-14,17,19-20,22-23,26-27,29,31-32,35,38,49,52,58-59H,7-9,12,15-16,18,21,24-25,28,30,33-34,36-37,39-48,50-51,53-57H2,1-6H3,(H-,62,64,66,67)/p+1/b13-10-,14-11+,20-17+,22-19-,26-23+,29-27-,32-31-,38-35-,52-49-. The highest BCUT2D eigenvalue weighted by molar-refractivity contribution is 7.47. The van der Waals surface area contributed by atoms with Gasteiger partial charge in [0.15, 0.2) is 0 Å². The van der Waals surface area contributed by atoms with Crippen LogP contribution < -0.4 is 5.32 Å². The van der Waals surface area contributed by atoms with Crippen LogP contribution in [-0.2, 0) is 27.9 Å². The first kappa shape index (κ1) is 67.7. The van der Waals surface area contributed by atoms with Crippen molar-refractivity contribution in [2.24, 2.45) is 0 Å². The third-order valence-corrected chi connectivity index (χ3v) is 12.8. The zero-order chi connectivity index (χ0) is 52.2. The van der Waals surface area contributed by atoms with Crippen LogP contribution in [0.5, 0.6) is 0 Å². The molecule has 71 heavy (non-hydrogen) atoms. The summed E-state index contributed by atoms with van der Waals surface area (Å²) in [6, 6.07) is -0.877. The molecule has 2 N–H and O–H groups in total. The van der Waals surface area contributed by atoms with E-state index in [1.165, 1.54) is 64.2 Å². The molecule has 406 valence electrons. The molecule has 0 aliphatic carbocycles. The Labute approximate surface area is 436 Å². The van der Waals surface area contributed by atoms with Gasteiger partial charge in [-0.2, -0.15) is 0 Å². The van der Waals surface area contributed by atoms with Gasteiger partial charge in [-0.3, -0.25) is 18.6 Å². The topological polar surface area (TPSA) is 111 Å². The molecule has 0 spiro atoms. The molecule has 0 bridgehead atoms. The van der Waals surface area contributed by atoms with E-state index in [9.17, 15) is 19.0 Å². The van der Waals surface area contributed by atoms with E-state index in [1.807, 2.05) is 33.3 Å². The summed E-state index contributed by atoms with van der Waals surface area (Å²) in [5.41, 5.74) is 0. The zero-order valence-corrected chi connectivity index (χ0v) is 47.1. The van der Waals surface area contributed by atoms with Gasteiger partial charge in [-0.15, -0.1) is 0 Å². The van der Waals surface area contributed by atoms with Gasteiger partial charge in [-0.05, 0) is 96.0 Å². The molecule has 0 saturated carbocycles. The number of likely N-dealkylation sites (N-methyl/N-ethyl adjacent to an activating group) is 1. The minimum atomic E-state index is -4.46. The summed E-state index contributed by atoms with van der Waals surface area (Å²) in [5.74, 6) is -0.567. The number of quaternary nitrogens is 1. The Morgan fingerprint density at radius 1 is 0.521 bits per heavy atom. The molecule has 10 heteroatoms. The van der Waals surface area contributed by atoms with Crippen LogP contribution in [0.2, 0.25) is 0 Å². The van der Waals surface area contributed by atoms with Gasteiger partial charge in [0, 0.05) is 12.8 Å². The first-order valence-electron chi connectivity index (χ1n) is 28.2. The molecule has 1 amide bonds. The minimum Gasteiger partial charge on any atom is -0.456 e. The lowest BCUT2D eigenvalue weighted by atomic mass is 10.1. The third kappa shape index (κ3) is 51.4. The van der Waals surface area contributed by atoms with E-state index in [2.05, 4.69) is 123 Å². The minimum absolute atomic E-state index is 0.0254. The summed E-state index contributed by atoms with van der Waals surface area (Å²) in [7, 11) is 1.45. The van der Waals surface area contributed by atoms with Gasteiger partial charge < -0.3 is 19.4 Å². The van der Waals surface area contributed by atoms with Gasteiger partial charge in [-0.25, -0.2) is 4.57 Å². The number of nitrogens with one attached hydrogen (secondary N) is 1. The summed E-state index contributed by atoms with van der Waals surface area (Å²) in [5, 5.41) is 3.02. The van der Waals surface area contributed by atoms with E-state index in [4.69, 9.17) is 13.8 Å². The lowest BCUT2D eigenvalue weighted by Gasteiger charge is -2.27. The van der Waals surface area contributed by atoms with Crippen LogP contribution in [0, 0.1) is 0 Å². The fourth-order valence-electron chi connectivity index (χ4n) is 7.44. The van der Waals surface area contributed by atoms with Crippen LogP contribution in [0.25, 0.3) is 0 Å². The molecule has 0 radical (unpaired) electrons. The molecule has 3 unspecified atom stereocenters. The van der Waals surface area contributed by atoms with Gasteiger partial charge in [0.05, 0.1) is 33.8 Å². The number of carbonyl (C=O) groups is 2. The number of hydrogen-bond acceptors (Lipinski definition) is 6. The van der Waals surface area contributed by atoms with Crippen molar-refractivity contribution in [2.45, 2.75) is 226 Å². The fourth-order valence-corrected chi connectivity index (χ4v) is 8.17. The number of phosphoric acid groups is 1. The molecule has 3 atom stereocenters. The van der Waals surface area contributed by atoms with Crippen LogP contribution in [-0.4, -0.2) is 74.3 Å². The summed E-state index contributed by atoms with van der Waals surface area (Å²) >= 11 is 0. The number of rotatable bonds is 49. The molecule has 0 aromatic rings. The Morgan fingerprint density at radius 3 is 1.52 bits per heavy atom. The first-order valence-corrected chi connectivity index (χ1v) is 29.7. The second kappa shape index (κ2) is 50.2. The number of esters is 1. The van der Waals surface area contributed by atoms with Crippen LogP contribution >= 0.6 is 7.82 Å². The molecule has 0 heterocycles. The lowest BCUT2D eigenvalue weighted by molar-refractivity contribution is -0.870. The Bertz CT molecular complexity index is 1580. The number of hydrogen-bond donors (Lipinski definition) is 2. The van der Waals surface area contributed by atoms with Crippen molar-refractivity contribution in [2.75, 3.05) is 40.9 Å². The van der Waals surface area contributed by atoms with Crippen molar-refractivity contribution in [1.82, 2.24) is 5.32 Å². The Kier molecular flexibility index (Phi) is 47.9. The van der Waals surface area contributed by atoms with Gasteiger partial charge >= 0.3 is 13.8 Å². The van der Waals surface area contributed by atoms with E-state index < -0.39 is 20.0 Å². The van der Waals surface area contributed by atoms with Crippen LogP contribution in [0.15, 0.2) is 109 Å². The van der Waals surface area contributed by atoms with Crippen molar-refractivity contribution in [3.8, 4) is 0 Å². The monoisotopic (exact) mass is 1010 g/mol. The SMILES string of the molecule is CC/C=C\C/C=C\C/C=C\C/C=C\C/C=C\CCCCCC(=O)NC(COP(=O)(O)OCC[N+](C)(C)C)C(/C=C\CCCCCCCCCCC)OC(=O)CCCCCCCCC/C=C/C=C/C=C/CC. The smallest absolute Gasteiger partial charge is 0.456 e. The second-order valence-corrected chi connectivity index (χ2v) is 21.2. The fraction of sp³-hybridized carbons (Fsp3) is 0.672. The Balaban J connectivity index is 5.41. The molecule has 0 aromatic heterocycles. The largest absolute Gasteiger partial charge is 0.472 e. The number of nitrogens with zero attached hydrogens (tertiary/aromatic N) is 1. The summed E-state index contributed by atoms with van der Waals surface area (Å²) in [4.78, 5) is 37.5. The number of ether oxygens (including phenoxy) is 1. The molecule has 0 saturated heterocycles. The maximum Gasteiger partial charge on any atom is 0.472 e. The third-order valence-electron chi connectivity index (χ3n) is 11.8. The molecule has 9 nitrogen and oxygen atoms in total. The van der Waals surface area contributed by atoms with E-state index in [0.717, 1.165) is 103 Å². The van der Waals surface area contributed by atoms with E-state index in [1.54, 1.807) is 0 Å². The maximum absolute atomic E-state index is 13.5. The molecular weight excluding hydrogens is 904 g/mol. The number of unbranched alkanes of at least 4 members (excludes halogenated alkanes) is 19. The van der Waals surface area contributed by atoms with Crippen LogP contribution in [0.4, 0.5) is 0 Å². The molecule has 0 rings (SSSR count). The molecule has 0 aliphatic rings. The zero-order valence-electron chi connectivity index (χ0n) is 46.2. The molecule has 0 aliphatic heterocycles. The Hall–Kier alpha value is -3.33. The average Bonchev–Trinajstić information content (AvgIpc) is 3.33. The van der Waals surface area contributed by atoms with Crippen molar-refractivity contribution in [3.05, 3.63) is 109 Å². The summed E-state index contributed by atoms with van der Waals surface area (Å²) in [6.45, 7) is 6.70. The van der Waals surface area contributed by atoms with Crippen LogP contribution in [0.3, 0.4) is 0 Å².